The monoisotopic (exact) mass is 336 g/mol. The SMILES string of the molecule is Cl.Fc1ccc(-c2ccc(Cl)cc2)c2c3c([nH]c12)CCNC3. The number of fused-ring (bicyclic) bond motifs is 3. The fraction of sp³-hybridized carbons (Fsp3) is 0.176. The van der Waals surface area contributed by atoms with Crippen LogP contribution in [0.15, 0.2) is 36.4 Å². The van der Waals surface area contributed by atoms with Gasteiger partial charge in [-0.15, -0.1) is 12.4 Å². The summed E-state index contributed by atoms with van der Waals surface area (Å²) in [6.07, 6.45) is 0.906. The average molecular weight is 337 g/mol. The first-order valence-corrected chi connectivity index (χ1v) is 7.40. The van der Waals surface area contributed by atoms with Crippen molar-refractivity contribution in [1.29, 1.82) is 0 Å². The molecule has 5 heteroatoms. The highest BCUT2D eigenvalue weighted by molar-refractivity contribution is 6.30. The number of benzene rings is 2. The summed E-state index contributed by atoms with van der Waals surface area (Å²) in [7, 11) is 0. The molecule has 1 aliphatic heterocycles. The Labute approximate surface area is 139 Å². The fourth-order valence-corrected chi connectivity index (χ4v) is 3.22. The summed E-state index contributed by atoms with van der Waals surface area (Å²) in [6.45, 7) is 1.71. The maximum absolute atomic E-state index is 14.2. The Bertz CT molecular complexity index is 825. The van der Waals surface area contributed by atoms with Crippen molar-refractivity contribution in [2.45, 2.75) is 13.0 Å². The number of nitrogens with one attached hydrogen (secondary N) is 2. The van der Waals surface area contributed by atoms with Crippen LogP contribution in [0.3, 0.4) is 0 Å². The molecule has 2 heterocycles. The molecule has 114 valence electrons. The van der Waals surface area contributed by atoms with Gasteiger partial charge < -0.3 is 10.3 Å². The number of halogens is 3. The van der Waals surface area contributed by atoms with Crippen LogP contribution in [0, 0.1) is 5.82 Å². The van der Waals surface area contributed by atoms with Gasteiger partial charge in [-0.1, -0.05) is 29.8 Å². The maximum atomic E-state index is 14.2. The molecule has 4 rings (SSSR count). The van der Waals surface area contributed by atoms with Crippen LogP contribution >= 0.6 is 24.0 Å². The molecular formula is C17H15Cl2FN2. The second-order valence-corrected chi connectivity index (χ2v) is 5.80. The minimum atomic E-state index is -0.197. The quantitative estimate of drug-likeness (QED) is 0.662. The Hall–Kier alpha value is -1.55. The minimum Gasteiger partial charge on any atom is -0.356 e. The van der Waals surface area contributed by atoms with E-state index in [-0.39, 0.29) is 18.2 Å². The van der Waals surface area contributed by atoms with E-state index in [1.807, 2.05) is 30.3 Å². The van der Waals surface area contributed by atoms with Gasteiger partial charge in [0.25, 0.3) is 0 Å². The highest BCUT2D eigenvalue weighted by atomic mass is 35.5. The van der Waals surface area contributed by atoms with Crippen LogP contribution < -0.4 is 5.32 Å². The zero-order valence-corrected chi connectivity index (χ0v) is 13.3. The Kier molecular flexibility index (Phi) is 4.13. The van der Waals surface area contributed by atoms with Gasteiger partial charge in [-0.2, -0.15) is 0 Å². The first kappa shape index (κ1) is 15.3. The van der Waals surface area contributed by atoms with Gasteiger partial charge in [-0.3, -0.25) is 0 Å². The summed E-state index contributed by atoms with van der Waals surface area (Å²) in [5.41, 5.74) is 5.03. The van der Waals surface area contributed by atoms with Crippen molar-refractivity contribution in [3.05, 3.63) is 58.5 Å². The van der Waals surface area contributed by atoms with Crippen LogP contribution in [0.4, 0.5) is 4.39 Å². The predicted octanol–water partition coefficient (Wildman–Crippen LogP) is 4.69. The summed E-state index contributed by atoms with van der Waals surface area (Å²) in [5, 5.41) is 5.05. The highest BCUT2D eigenvalue weighted by Gasteiger charge is 2.20. The average Bonchev–Trinajstić information content (AvgIpc) is 2.90. The van der Waals surface area contributed by atoms with Gasteiger partial charge in [0.2, 0.25) is 0 Å². The number of aromatic amines is 1. The predicted molar refractivity (Wildman–Crippen MR) is 91.4 cm³/mol. The van der Waals surface area contributed by atoms with Gasteiger partial charge in [-0.25, -0.2) is 4.39 Å². The zero-order chi connectivity index (χ0) is 14.4. The van der Waals surface area contributed by atoms with E-state index in [9.17, 15) is 4.39 Å². The Morgan fingerprint density at radius 2 is 1.82 bits per heavy atom. The van der Waals surface area contributed by atoms with E-state index in [1.54, 1.807) is 0 Å². The van der Waals surface area contributed by atoms with Crippen molar-refractivity contribution >= 4 is 34.9 Å². The number of hydrogen-bond acceptors (Lipinski definition) is 1. The molecule has 0 saturated carbocycles. The molecule has 2 aromatic carbocycles. The molecule has 0 spiro atoms. The molecule has 0 aliphatic carbocycles. The molecule has 1 aliphatic rings. The van der Waals surface area contributed by atoms with Crippen LogP contribution in [0.1, 0.15) is 11.3 Å². The fourth-order valence-electron chi connectivity index (χ4n) is 3.10. The lowest BCUT2D eigenvalue weighted by Gasteiger charge is -2.14. The molecule has 22 heavy (non-hydrogen) atoms. The van der Waals surface area contributed by atoms with E-state index in [1.165, 1.54) is 11.6 Å². The van der Waals surface area contributed by atoms with Crippen LogP contribution in [0.25, 0.3) is 22.0 Å². The first-order valence-electron chi connectivity index (χ1n) is 7.02. The minimum absolute atomic E-state index is 0. The summed E-state index contributed by atoms with van der Waals surface area (Å²) < 4.78 is 14.2. The maximum Gasteiger partial charge on any atom is 0.147 e. The second kappa shape index (κ2) is 5.92. The van der Waals surface area contributed by atoms with E-state index in [4.69, 9.17) is 11.6 Å². The topological polar surface area (TPSA) is 27.8 Å². The summed E-state index contributed by atoms with van der Waals surface area (Å²) in [4.78, 5) is 3.26. The van der Waals surface area contributed by atoms with Gasteiger partial charge in [-0.05, 0) is 34.9 Å². The van der Waals surface area contributed by atoms with Crippen molar-refractivity contribution in [3.8, 4) is 11.1 Å². The third-order valence-corrected chi connectivity index (χ3v) is 4.36. The zero-order valence-electron chi connectivity index (χ0n) is 11.7. The number of aromatic nitrogens is 1. The Balaban J connectivity index is 0.00000144. The van der Waals surface area contributed by atoms with Gasteiger partial charge in [0, 0.05) is 35.6 Å². The standard InChI is InChI=1S/C17H14ClFN2.ClH/c18-11-3-1-10(2-4-11)12-5-6-14(19)17-16(12)13-9-20-8-7-15(13)21-17;/h1-6,20-21H,7-9H2;1H. The lowest BCUT2D eigenvalue weighted by molar-refractivity contribution is 0.633. The summed E-state index contributed by atoms with van der Waals surface area (Å²) in [5.74, 6) is -0.197. The molecular weight excluding hydrogens is 322 g/mol. The molecule has 0 atom stereocenters. The molecule has 0 amide bonds. The molecule has 1 aromatic heterocycles. The van der Waals surface area contributed by atoms with Gasteiger partial charge in [0.15, 0.2) is 0 Å². The number of H-pyrrole nitrogens is 1. The second-order valence-electron chi connectivity index (χ2n) is 5.36. The summed E-state index contributed by atoms with van der Waals surface area (Å²) in [6, 6.07) is 11.1. The normalized spacial score (nSPS) is 13.7. The van der Waals surface area contributed by atoms with Crippen molar-refractivity contribution in [2.75, 3.05) is 6.54 Å². The van der Waals surface area contributed by atoms with Crippen LogP contribution in [0.2, 0.25) is 5.02 Å². The third kappa shape index (κ3) is 2.39. The molecule has 2 N–H and O–H groups in total. The highest BCUT2D eigenvalue weighted by Crippen LogP contribution is 2.35. The van der Waals surface area contributed by atoms with Crippen molar-refractivity contribution in [3.63, 3.8) is 0 Å². The van der Waals surface area contributed by atoms with Crippen LogP contribution in [0.5, 0.6) is 0 Å². The third-order valence-electron chi connectivity index (χ3n) is 4.11. The first-order chi connectivity index (χ1) is 10.2. The Morgan fingerprint density at radius 1 is 1.05 bits per heavy atom. The van der Waals surface area contributed by atoms with Gasteiger partial charge in [0.1, 0.15) is 5.82 Å². The molecule has 0 fully saturated rings. The largest absolute Gasteiger partial charge is 0.356 e. The molecule has 0 unspecified atom stereocenters. The van der Waals surface area contributed by atoms with E-state index in [0.717, 1.165) is 41.7 Å². The summed E-state index contributed by atoms with van der Waals surface area (Å²) >= 11 is 5.96. The van der Waals surface area contributed by atoms with Crippen LogP contribution in [-0.2, 0) is 13.0 Å². The van der Waals surface area contributed by atoms with E-state index < -0.39 is 0 Å². The van der Waals surface area contributed by atoms with Gasteiger partial charge in [0.05, 0.1) is 5.52 Å². The van der Waals surface area contributed by atoms with Crippen molar-refractivity contribution in [1.82, 2.24) is 10.3 Å². The molecule has 2 nitrogen and oxygen atoms in total. The van der Waals surface area contributed by atoms with Crippen molar-refractivity contribution in [2.24, 2.45) is 0 Å². The number of rotatable bonds is 1. The Morgan fingerprint density at radius 3 is 2.59 bits per heavy atom. The lowest BCUT2D eigenvalue weighted by Crippen LogP contribution is -2.22. The van der Waals surface area contributed by atoms with E-state index in [0.29, 0.717) is 10.5 Å². The van der Waals surface area contributed by atoms with E-state index in [2.05, 4.69) is 10.3 Å². The van der Waals surface area contributed by atoms with Crippen LogP contribution in [-0.4, -0.2) is 11.5 Å². The van der Waals surface area contributed by atoms with E-state index >= 15 is 0 Å². The molecule has 3 aromatic rings. The molecule has 0 radical (unpaired) electrons. The smallest absolute Gasteiger partial charge is 0.147 e. The van der Waals surface area contributed by atoms with Gasteiger partial charge >= 0.3 is 0 Å². The lowest BCUT2D eigenvalue weighted by atomic mass is 9.97. The molecule has 0 saturated heterocycles. The molecule has 0 bridgehead atoms. The number of hydrogen-bond donors (Lipinski definition) is 2. The van der Waals surface area contributed by atoms with Crippen molar-refractivity contribution < 1.29 is 4.39 Å².